The van der Waals surface area contributed by atoms with Crippen LogP contribution in [0.25, 0.3) is 0 Å². The highest BCUT2D eigenvalue weighted by molar-refractivity contribution is 5.88. The van der Waals surface area contributed by atoms with E-state index in [2.05, 4.69) is 33.0 Å². The Balaban J connectivity index is 2.58. The summed E-state index contributed by atoms with van der Waals surface area (Å²) < 4.78 is 5.25. The van der Waals surface area contributed by atoms with E-state index in [0.29, 0.717) is 0 Å². The molecule has 0 spiro atoms. The summed E-state index contributed by atoms with van der Waals surface area (Å²) in [5.74, 6) is -0.504. The highest BCUT2D eigenvalue weighted by Gasteiger charge is 2.68. The van der Waals surface area contributed by atoms with Gasteiger partial charge in [0.25, 0.3) is 0 Å². The van der Waals surface area contributed by atoms with Gasteiger partial charge in [-0.2, -0.15) is 0 Å². The third-order valence-electron chi connectivity index (χ3n) is 4.40. The van der Waals surface area contributed by atoms with Crippen molar-refractivity contribution in [2.45, 2.75) is 67.0 Å². The smallest absolute Gasteiger partial charge is 0.328 e. The van der Waals surface area contributed by atoms with Gasteiger partial charge in [-0.3, -0.25) is 4.79 Å². The molecular weight excluding hydrogens is 242 g/mol. The average molecular weight is 269 g/mol. The summed E-state index contributed by atoms with van der Waals surface area (Å²) in [5, 5.41) is 2.76. The van der Waals surface area contributed by atoms with Crippen LogP contribution in [0.4, 0.5) is 0 Å². The summed E-state index contributed by atoms with van der Waals surface area (Å²) in [6, 6.07) is -0.612. The Morgan fingerprint density at radius 1 is 1.11 bits per heavy atom. The van der Waals surface area contributed by atoms with E-state index >= 15 is 0 Å². The van der Waals surface area contributed by atoms with Crippen molar-refractivity contribution in [1.29, 1.82) is 0 Å². The first-order chi connectivity index (χ1) is 8.30. The fourth-order valence-electron chi connectivity index (χ4n) is 2.60. The second-order valence-corrected chi connectivity index (χ2v) is 7.64. The molecule has 0 saturated heterocycles. The molecule has 4 heteroatoms. The topological polar surface area (TPSA) is 55.4 Å². The van der Waals surface area contributed by atoms with Gasteiger partial charge in [0, 0.05) is 5.92 Å². The number of rotatable bonds is 3. The molecule has 0 radical (unpaired) electrons. The van der Waals surface area contributed by atoms with Gasteiger partial charge in [-0.25, -0.2) is 4.79 Å². The number of carbonyl (C=O) groups is 2. The molecule has 0 bridgehead atoms. The predicted octanol–water partition coefficient (Wildman–Crippen LogP) is 2.52. The van der Waals surface area contributed by atoms with Crippen molar-refractivity contribution < 1.29 is 14.3 Å². The molecular formula is C15H27NO3. The molecule has 0 heterocycles. The molecule has 0 unspecified atom stereocenters. The van der Waals surface area contributed by atoms with Crippen molar-refractivity contribution in [3.63, 3.8) is 0 Å². The minimum atomic E-state index is -0.612. The Labute approximate surface area is 116 Å². The summed E-state index contributed by atoms with van der Waals surface area (Å²) in [6.07, 6.45) is 0. The van der Waals surface area contributed by atoms with Gasteiger partial charge >= 0.3 is 5.97 Å². The van der Waals surface area contributed by atoms with E-state index in [9.17, 15) is 9.59 Å². The van der Waals surface area contributed by atoms with E-state index < -0.39 is 17.6 Å². The summed E-state index contributed by atoms with van der Waals surface area (Å²) in [6.45, 7) is 15.4. The first-order valence-electron chi connectivity index (χ1n) is 6.84. The lowest BCUT2D eigenvalue weighted by molar-refractivity contribution is -0.158. The van der Waals surface area contributed by atoms with Crippen molar-refractivity contribution in [2.24, 2.45) is 16.7 Å². The van der Waals surface area contributed by atoms with Crippen LogP contribution in [0, 0.1) is 16.7 Å². The molecule has 1 atom stereocenters. The standard InChI is InChI=1S/C15H27NO3/c1-9(12(18)19-13(2,3)4)16-11(17)10-14(5,6)15(10,7)8/h9-10H,1-8H3,(H,16,17)/t9-/m0/s1. The normalized spacial score (nSPS) is 22.5. The molecule has 0 aromatic rings. The van der Waals surface area contributed by atoms with Gasteiger partial charge in [0.2, 0.25) is 5.91 Å². The van der Waals surface area contributed by atoms with Crippen molar-refractivity contribution in [3.8, 4) is 0 Å². The van der Waals surface area contributed by atoms with Crippen LogP contribution in [0.15, 0.2) is 0 Å². The zero-order valence-electron chi connectivity index (χ0n) is 13.4. The molecule has 4 nitrogen and oxygen atoms in total. The maximum absolute atomic E-state index is 12.2. The van der Waals surface area contributed by atoms with Crippen LogP contribution >= 0.6 is 0 Å². The van der Waals surface area contributed by atoms with E-state index in [1.54, 1.807) is 6.92 Å². The number of carbonyl (C=O) groups excluding carboxylic acids is 2. The largest absolute Gasteiger partial charge is 0.458 e. The van der Waals surface area contributed by atoms with Crippen LogP contribution in [0.1, 0.15) is 55.4 Å². The van der Waals surface area contributed by atoms with Crippen LogP contribution in [0.5, 0.6) is 0 Å². The van der Waals surface area contributed by atoms with Gasteiger partial charge in [0.15, 0.2) is 0 Å². The van der Waals surface area contributed by atoms with E-state index in [4.69, 9.17) is 4.74 Å². The van der Waals surface area contributed by atoms with Crippen molar-refractivity contribution >= 4 is 11.9 Å². The fourth-order valence-corrected chi connectivity index (χ4v) is 2.60. The van der Waals surface area contributed by atoms with Gasteiger partial charge < -0.3 is 10.1 Å². The lowest BCUT2D eigenvalue weighted by Gasteiger charge is -2.22. The Morgan fingerprint density at radius 2 is 1.53 bits per heavy atom. The van der Waals surface area contributed by atoms with Crippen molar-refractivity contribution in [2.75, 3.05) is 0 Å². The van der Waals surface area contributed by atoms with E-state index in [-0.39, 0.29) is 22.7 Å². The summed E-state index contributed by atoms with van der Waals surface area (Å²) >= 11 is 0. The van der Waals surface area contributed by atoms with Crippen LogP contribution < -0.4 is 5.32 Å². The van der Waals surface area contributed by atoms with Crippen LogP contribution in [-0.4, -0.2) is 23.5 Å². The molecule has 1 aliphatic rings. The maximum Gasteiger partial charge on any atom is 0.328 e. The summed E-state index contributed by atoms with van der Waals surface area (Å²) in [5.41, 5.74) is -0.580. The number of esters is 1. The second kappa shape index (κ2) is 4.50. The van der Waals surface area contributed by atoms with Gasteiger partial charge in [-0.05, 0) is 38.5 Å². The Kier molecular flexibility index (Phi) is 3.79. The minimum Gasteiger partial charge on any atom is -0.458 e. The van der Waals surface area contributed by atoms with E-state index in [1.165, 1.54) is 0 Å². The molecule has 1 amide bonds. The van der Waals surface area contributed by atoms with Crippen LogP contribution in [0.2, 0.25) is 0 Å². The third-order valence-corrected chi connectivity index (χ3v) is 4.40. The van der Waals surface area contributed by atoms with E-state index in [1.807, 2.05) is 20.8 Å². The summed E-state index contributed by atoms with van der Waals surface area (Å²) in [7, 11) is 0. The first kappa shape index (κ1) is 16.0. The average Bonchev–Trinajstić information content (AvgIpc) is 2.53. The van der Waals surface area contributed by atoms with Crippen molar-refractivity contribution in [3.05, 3.63) is 0 Å². The number of nitrogens with one attached hydrogen (secondary N) is 1. The molecule has 0 aromatic carbocycles. The SMILES string of the molecule is C[C@H](NC(=O)C1C(C)(C)C1(C)C)C(=O)OC(C)(C)C. The molecule has 0 aliphatic heterocycles. The lowest BCUT2D eigenvalue weighted by Crippen LogP contribution is -2.43. The minimum absolute atomic E-state index is 0.0231. The quantitative estimate of drug-likeness (QED) is 0.801. The molecule has 0 aromatic heterocycles. The molecule has 1 saturated carbocycles. The fraction of sp³-hybridized carbons (Fsp3) is 0.867. The number of amides is 1. The van der Waals surface area contributed by atoms with Crippen LogP contribution in [0.3, 0.4) is 0 Å². The Bertz CT molecular complexity index is 377. The highest BCUT2D eigenvalue weighted by Crippen LogP contribution is 2.68. The predicted molar refractivity (Wildman–Crippen MR) is 74.5 cm³/mol. The zero-order valence-corrected chi connectivity index (χ0v) is 13.4. The van der Waals surface area contributed by atoms with Crippen molar-refractivity contribution in [1.82, 2.24) is 5.32 Å². The van der Waals surface area contributed by atoms with Gasteiger partial charge in [0.05, 0.1) is 0 Å². The monoisotopic (exact) mass is 269 g/mol. The van der Waals surface area contributed by atoms with Gasteiger partial charge in [-0.1, -0.05) is 27.7 Å². The van der Waals surface area contributed by atoms with E-state index in [0.717, 1.165) is 0 Å². The highest BCUT2D eigenvalue weighted by atomic mass is 16.6. The third kappa shape index (κ3) is 3.10. The number of hydrogen-bond acceptors (Lipinski definition) is 3. The van der Waals surface area contributed by atoms with Gasteiger partial charge in [0.1, 0.15) is 11.6 Å². The number of ether oxygens (including phenoxy) is 1. The zero-order chi connectivity index (χ0) is 15.2. The summed E-state index contributed by atoms with van der Waals surface area (Å²) in [4.78, 5) is 24.0. The lowest BCUT2D eigenvalue weighted by atomic mass is 10.0. The molecule has 1 N–H and O–H groups in total. The Hall–Kier alpha value is -1.06. The second-order valence-electron chi connectivity index (χ2n) is 7.64. The molecule has 1 rings (SSSR count). The molecule has 19 heavy (non-hydrogen) atoms. The number of hydrogen-bond donors (Lipinski definition) is 1. The van der Waals surface area contributed by atoms with Crippen LogP contribution in [-0.2, 0) is 14.3 Å². The molecule has 1 fully saturated rings. The first-order valence-corrected chi connectivity index (χ1v) is 6.84. The molecule has 1 aliphatic carbocycles. The van der Waals surface area contributed by atoms with Gasteiger partial charge in [-0.15, -0.1) is 0 Å². The Morgan fingerprint density at radius 3 is 1.84 bits per heavy atom. The maximum atomic E-state index is 12.2. The molecule has 110 valence electrons.